The fourth-order valence-electron chi connectivity index (χ4n) is 0.979. The number of aliphatic hydroxyl groups is 1. The highest BCUT2D eigenvalue weighted by atomic mass is 16.5. The smallest absolute Gasteiger partial charge is 0.240 e. The maximum absolute atomic E-state index is 8.58. The summed E-state index contributed by atoms with van der Waals surface area (Å²) < 4.78 is 10.5. The van der Waals surface area contributed by atoms with Crippen molar-refractivity contribution in [1.29, 1.82) is 0 Å². The van der Waals surface area contributed by atoms with Crippen molar-refractivity contribution >= 4 is 5.69 Å². The summed E-state index contributed by atoms with van der Waals surface area (Å²) in [7, 11) is 0. The SMILES string of the molecule is CCCOc1nc(OCCO)ccc1N. The van der Waals surface area contributed by atoms with Gasteiger partial charge in [0.2, 0.25) is 11.8 Å². The minimum atomic E-state index is -0.0444. The first kappa shape index (κ1) is 11.6. The summed E-state index contributed by atoms with van der Waals surface area (Å²) in [5, 5.41) is 8.58. The number of ether oxygens (including phenoxy) is 2. The molecule has 5 nitrogen and oxygen atoms in total. The number of nitrogens with zero attached hydrogens (tertiary/aromatic N) is 1. The van der Waals surface area contributed by atoms with Gasteiger partial charge in [0.1, 0.15) is 6.61 Å². The third-order valence-corrected chi connectivity index (χ3v) is 1.65. The van der Waals surface area contributed by atoms with E-state index in [1.165, 1.54) is 0 Å². The van der Waals surface area contributed by atoms with Crippen molar-refractivity contribution in [2.75, 3.05) is 25.6 Å². The fraction of sp³-hybridized carbons (Fsp3) is 0.500. The Bertz CT molecular complexity index is 305. The molecule has 3 N–H and O–H groups in total. The molecule has 0 saturated carbocycles. The van der Waals surface area contributed by atoms with Crippen LogP contribution >= 0.6 is 0 Å². The molecule has 0 aliphatic heterocycles. The van der Waals surface area contributed by atoms with Crippen LogP contribution in [-0.2, 0) is 0 Å². The zero-order valence-electron chi connectivity index (χ0n) is 8.77. The summed E-state index contributed by atoms with van der Waals surface area (Å²) in [6, 6.07) is 3.31. The van der Waals surface area contributed by atoms with Gasteiger partial charge in [0, 0.05) is 6.07 Å². The summed E-state index contributed by atoms with van der Waals surface area (Å²) in [6.07, 6.45) is 0.892. The molecule has 1 rings (SSSR count). The van der Waals surface area contributed by atoms with E-state index >= 15 is 0 Å². The zero-order chi connectivity index (χ0) is 11.1. The van der Waals surface area contributed by atoms with Gasteiger partial charge in [-0.25, -0.2) is 0 Å². The lowest BCUT2D eigenvalue weighted by molar-refractivity contribution is 0.194. The summed E-state index contributed by atoms with van der Waals surface area (Å²) in [4.78, 5) is 4.07. The van der Waals surface area contributed by atoms with E-state index in [1.807, 2.05) is 6.92 Å². The molecule has 0 saturated heterocycles. The lowest BCUT2D eigenvalue weighted by Crippen LogP contribution is -2.06. The molecule has 84 valence electrons. The second-order valence-corrected chi connectivity index (χ2v) is 2.96. The summed E-state index contributed by atoms with van der Waals surface area (Å²) in [6.45, 7) is 2.74. The van der Waals surface area contributed by atoms with Crippen LogP contribution in [0.15, 0.2) is 12.1 Å². The van der Waals surface area contributed by atoms with Gasteiger partial charge in [-0.3, -0.25) is 0 Å². The molecule has 0 spiro atoms. The molecule has 1 aromatic rings. The molecule has 0 amide bonds. The van der Waals surface area contributed by atoms with Crippen LogP contribution in [0.2, 0.25) is 0 Å². The number of hydrogen-bond donors (Lipinski definition) is 2. The van der Waals surface area contributed by atoms with Gasteiger partial charge < -0.3 is 20.3 Å². The molecule has 0 aliphatic carbocycles. The van der Waals surface area contributed by atoms with Crippen LogP contribution < -0.4 is 15.2 Å². The van der Waals surface area contributed by atoms with E-state index in [1.54, 1.807) is 12.1 Å². The molecule has 0 bridgehead atoms. The minimum Gasteiger partial charge on any atom is -0.476 e. The summed E-state index contributed by atoms with van der Waals surface area (Å²) >= 11 is 0. The van der Waals surface area contributed by atoms with Crippen LogP contribution in [0.1, 0.15) is 13.3 Å². The Balaban J connectivity index is 2.66. The Hall–Kier alpha value is -1.49. The Morgan fingerprint density at radius 2 is 2.13 bits per heavy atom. The number of aromatic nitrogens is 1. The van der Waals surface area contributed by atoms with Crippen molar-refractivity contribution in [1.82, 2.24) is 4.98 Å². The monoisotopic (exact) mass is 212 g/mol. The van der Waals surface area contributed by atoms with E-state index in [-0.39, 0.29) is 13.2 Å². The highest BCUT2D eigenvalue weighted by molar-refractivity contribution is 5.49. The summed E-state index contributed by atoms with van der Waals surface area (Å²) in [5.74, 6) is 0.789. The first-order chi connectivity index (χ1) is 7.27. The molecule has 0 aliphatic rings. The Morgan fingerprint density at radius 3 is 2.80 bits per heavy atom. The van der Waals surface area contributed by atoms with Crippen molar-refractivity contribution in [2.45, 2.75) is 13.3 Å². The van der Waals surface area contributed by atoms with Crippen LogP contribution in [0.5, 0.6) is 11.8 Å². The third-order valence-electron chi connectivity index (χ3n) is 1.65. The average Bonchev–Trinajstić information content (AvgIpc) is 2.26. The first-order valence-corrected chi connectivity index (χ1v) is 4.91. The van der Waals surface area contributed by atoms with Gasteiger partial charge >= 0.3 is 0 Å². The molecule has 1 aromatic heterocycles. The first-order valence-electron chi connectivity index (χ1n) is 4.91. The molecule has 5 heteroatoms. The molecule has 0 atom stereocenters. The molecule has 0 fully saturated rings. The lowest BCUT2D eigenvalue weighted by Gasteiger charge is -2.09. The Labute approximate surface area is 88.8 Å². The van der Waals surface area contributed by atoms with Crippen LogP contribution in [0.25, 0.3) is 0 Å². The van der Waals surface area contributed by atoms with Crippen molar-refractivity contribution < 1.29 is 14.6 Å². The zero-order valence-corrected chi connectivity index (χ0v) is 8.77. The maximum Gasteiger partial charge on any atom is 0.240 e. The predicted octanol–water partition coefficient (Wildman–Crippen LogP) is 0.824. The maximum atomic E-state index is 8.58. The van der Waals surface area contributed by atoms with Gasteiger partial charge in [0.15, 0.2) is 0 Å². The van der Waals surface area contributed by atoms with Crippen molar-refractivity contribution in [3.05, 3.63) is 12.1 Å². The normalized spacial score (nSPS) is 10.0. The van der Waals surface area contributed by atoms with Crippen molar-refractivity contribution in [2.24, 2.45) is 0 Å². The predicted molar refractivity (Wildman–Crippen MR) is 57.0 cm³/mol. The second-order valence-electron chi connectivity index (χ2n) is 2.96. The van der Waals surface area contributed by atoms with Gasteiger partial charge in [-0.2, -0.15) is 4.98 Å². The van der Waals surface area contributed by atoms with E-state index in [0.717, 1.165) is 6.42 Å². The van der Waals surface area contributed by atoms with E-state index in [2.05, 4.69) is 4.98 Å². The van der Waals surface area contributed by atoms with E-state index < -0.39 is 0 Å². The van der Waals surface area contributed by atoms with Gasteiger partial charge in [-0.15, -0.1) is 0 Å². The number of hydrogen-bond acceptors (Lipinski definition) is 5. The van der Waals surface area contributed by atoms with Crippen LogP contribution in [0.4, 0.5) is 5.69 Å². The Kier molecular flexibility index (Phi) is 4.70. The van der Waals surface area contributed by atoms with Crippen LogP contribution in [0.3, 0.4) is 0 Å². The van der Waals surface area contributed by atoms with Gasteiger partial charge in [-0.05, 0) is 12.5 Å². The van der Waals surface area contributed by atoms with Crippen molar-refractivity contribution in [3.63, 3.8) is 0 Å². The van der Waals surface area contributed by atoms with Gasteiger partial charge in [0.05, 0.1) is 18.9 Å². The number of nitrogens with two attached hydrogens (primary N) is 1. The second kappa shape index (κ2) is 6.08. The van der Waals surface area contributed by atoms with Crippen molar-refractivity contribution in [3.8, 4) is 11.8 Å². The van der Waals surface area contributed by atoms with Crippen LogP contribution in [-0.4, -0.2) is 29.9 Å². The van der Waals surface area contributed by atoms with E-state index in [9.17, 15) is 0 Å². The standard InChI is InChI=1S/C10H16N2O3/c1-2-6-15-10-8(11)3-4-9(12-10)14-7-5-13/h3-4,13H,2,5-7,11H2,1H3. The fourth-order valence-corrected chi connectivity index (χ4v) is 0.979. The summed E-state index contributed by atoms with van der Waals surface area (Å²) in [5.41, 5.74) is 6.15. The van der Waals surface area contributed by atoms with Gasteiger partial charge in [-0.1, -0.05) is 6.92 Å². The number of aliphatic hydroxyl groups excluding tert-OH is 1. The largest absolute Gasteiger partial charge is 0.476 e. The molecule has 1 heterocycles. The van der Waals surface area contributed by atoms with E-state index in [4.69, 9.17) is 20.3 Å². The third kappa shape index (κ3) is 3.63. The lowest BCUT2D eigenvalue weighted by atomic mass is 10.4. The molecular formula is C10H16N2O3. The van der Waals surface area contributed by atoms with Gasteiger partial charge in [0.25, 0.3) is 0 Å². The quantitative estimate of drug-likeness (QED) is 0.730. The Morgan fingerprint density at radius 1 is 1.33 bits per heavy atom. The molecule has 0 unspecified atom stereocenters. The molecule has 15 heavy (non-hydrogen) atoms. The molecule has 0 radical (unpaired) electrons. The number of anilines is 1. The number of rotatable bonds is 6. The van der Waals surface area contributed by atoms with E-state index in [0.29, 0.717) is 24.1 Å². The van der Waals surface area contributed by atoms with Crippen LogP contribution in [0, 0.1) is 0 Å². The minimum absolute atomic E-state index is 0.0444. The average molecular weight is 212 g/mol. The molecule has 0 aromatic carbocycles. The molecular weight excluding hydrogens is 196 g/mol. The topological polar surface area (TPSA) is 77.6 Å². The number of nitrogen functional groups attached to an aromatic ring is 1. The number of pyridine rings is 1. The highest BCUT2D eigenvalue weighted by Crippen LogP contribution is 2.22. The highest BCUT2D eigenvalue weighted by Gasteiger charge is 2.04.